The van der Waals surface area contributed by atoms with Gasteiger partial charge in [0, 0.05) is 33.8 Å². The molecule has 1 N–H and O–H groups in total. The van der Waals surface area contributed by atoms with Crippen LogP contribution in [0.15, 0.2) is 9.59 Å². The Balaban J connectivity index is 2.39. The number of anilines is 1. The fourth-order valence-corrected chi connectivity index (χ4v) is 2.29. The lowest BCUT2D eigenvalue weighted by Crippen LogP contribution is -2.46. The standard InChI is InChI=1S/C11H18N4O3/c1-13-10(17)9(12-14(2)11(13)18)15-5-3-4-8(6-15)7-16/h8,16H,3-7H2,1-2H3. The first-order valence-electron chi connectivity index (χ1n) is 6.04. The summed E-state index contributed by atoms with van der Waals surface area (Å²) in [5, 5.41) is 13.2. The number of aryl methyl sites for hydroxylation is 1. The van der Waals surface area contributed by atoms with E-state index in [9.17, 15) is 14.7 Å². The van der Waals surface area contributed by atoms with Crippen molar-refractivity contribution in [2.24, 2.45) is 20.0 Å². The molecule has 0 radical (unpaired) electrons. The molecule has 0 amide bonds. The van der Waals surface area contributed by atoms with Crippen molar-refractivity contribution >= 4 is 5.82 Å². The molecule has 7 heteroatoms. The fourth-order valence-electron chi connectivity index (χ4n) is 2.29. The predicted octanol–water partition coefficient (Wildman–Crippen LogP) is -1.31. The first kappa shape index (κ1) is 12.8. The van der Waals surface area contributed by atoms with E-state index in [1.165, 1.54) is 18.8 Å². The Morgan fingerprint density at radius 3 is 2.78 bits per heavy atom. The normalized spacial score (nSPS) is 20.2. The summed E-state index contributed by atoms with van der Waals surface area (Å²) in [5.74, 6) is 0.459. The Hall–Kier alpha value is -1.63. The van der Waals surface area contributed by atoms with Gasteiger partial charge in [-0.15, -0.1) is 5.10 Å². The van der Waals surface area contributed by atoms with Crippen LogP contribution in [0, 0.1) is 5.92 Å². The van der Waals surface area contributed by atoms with Crippen LogP contribution in [0.2, 0.25) is 0 Å². The molecule has 18 heavy (non-hydrogen) atoms. The van der Waals surface area contributed by atoms with Crippen molar-refractivity contribution in [1.29, 1.82) is 0 Å². The van der Waals surface area contributed by atoms with Crippen molar-refractivity contribution in [3.8, 4) is 0 Å². The van der Waals surface area contributed by atoms with Crippen molar-refractivity contribution in [2.45, 2.75) is 12.8 Å². The Morgan fingerprint density at radius 1 is 1.39 bits per heavy atom. The zero-order chi connectivity index (χ0) is 13.3. The van der Waals surface area contributed by atoms with E-state index in [-0.39, 0.29) is 23.9 Å². The van der Waals surface area contributed by atoms with Crippen LogP contribution < -0.4 is 16.1 Å². The van der Waals surface area contributed by atoms with Gasteiger partial charge in [-0.25, -0.2) is 9.48 Å². The topological polar surface area (TPSA) is 80.4 Å². The predicted molar refractivity (Wildman–Crippen MR) is 66.7 cm³/mol. The molecule has 2 rings (SSSR count). The summed E-state index contributed by atoms with van der Waals surface area (Å²) in [4.78, 5) is 25.4. The Bertz CT molecular complexity index is 548. The van der Waals surface area contributed by atoms with E-state index in [2.05, 4.69) is 5.10 Å². The number of aromatic nitrogens is 3. The highest BCUT2D eigenvalue weighted by atomic mass is 16.3. The Kier molecular flexibility index (Phi) is 3.51. The quantitative estimate of drug-likeness (QED) is 0.708. The van der Waals surface area contributed by atoms with Gasteiger partial charge < -0.3 is 10.0 Å². The van der Waals surface area contributed by atoms with Crippen LogP contribution in [0.4, 0.5) is 5.82 Å². The van der Waals surface area contributed by atoms with Crippen LogP contribution >= 0.6 is 0 Å². The minimum absolute atomic E-state index is 0.114. The number of hydrogen-bond acceptors (Lipinski definition) is 5. The summed E-state index contributed by atoms with van der Waals surface area (Å²) in [6, 6.07) is 0. The van der Waals surface area contributed by atoms with Gasteiger partial charge in [0.25, 0.3) is 5.56 Å². The largest absolute Gasteiger partial charge is 0.396 e. The monoisotopic (exact) mass is 254 g/mol. The number of aliphatic hydroxyl groups is 1. The zero-order valence-corrected chi connectivity index (χ0v) is 10.7. The van der Waals surface area contributed by atoms with Gasteiger partial charge in [0.05, 0.1) is 0 Å². The zero-order valence-electron chi connectivity index (χ0n) is 10.7. The van der Waals surface area contributed by atoms with E-state index in [4.69, 9.17) is 0 Å². The molecule has 0 aliphatic carbocycles. The third-order valence-electron chi connectivity index (χ3n) is 3.38. The lowest BCUT2D eigenvalue weighted by Gasteiger charge is -2.32. The number of hydrogen-bond donors (Lipinski definition) is 1. The molecule has 0 aromatic carbocycles. The van der Waals surface area contributed by atoms with Gasteiger partial charge in [-0.3, -0.25) is 9.36 Å². The smallest absolute Gasteiger partial charge is 0.346 e. The summed E-state index contributed by atoms with van der Waals surface area (Å²) in [6.07, 6.45) is 1.87. The van der Waals surface area contributed by atoms with Crippen molar-refractivity contribution in [3.05, 3.63) is 20.8 Å². The molecule has 1 atom stereocenters. The second-order valence-corrected chi connectivity index (χ2v) is 4.73. The molecule has 0 spiro atoms. The molecular weight excluding hydrogens is 236 g/mol. The summed E-state index contributed by atoms with van der Waals surface area (Å²) in [7, 11) is 2.97. The highest BCUT2D eigenvalue weighted by Crippen LogP contribution is 2.18. The van der Waals surface area contributed by atoms with Gasteiger partial charge in [-0.2, -0.15) is 0 Å². The molecule has 1 unspecified atom stereocenters. The Morgan fingerprint density at radius 2 is 2.11 bits per heavy atom. The van der Waals surface area contributed by atoms with Crippen molar-refractivity contribution in [1.82, 2.24) is 14.3 Å². The third-order valence-corrected chi connectivity index (χ3v) is 3.38. The van der Waals surface area contributed by atoms with Gasteiger partial charge >= 0.3 is 5.69 Å². The summed E-state index contributed by atoms with van der Waals surface area (Å²) < 4.78 is 2.23. The van der Waals surface area contributed by atoms with Crippen LogP contribution in [0.1, 0.15) is 12.8 Å². The first-order chi connectivity index (χ1) is 8.54. The van der Waals surface area contributed by atoms with Crippen LogP contribution in [0.3, 0.4) is 0 Å². The highest BCUT2D eigenvalue weighted by Gasteiger charge is 2.23. The molecule has 0 bridgehead atoms. The molecular formula is C11H18N4O3. The van der Waals surface area contributed by atoms with E-state index in [1.54, 1.807) is 0 Å². The highest BCUT2D eigenvalue weighted by molar-refractivity contribution is 5.35. The van der Waals surface area contributed by atoms with E-state index < -0.39 is 5.69 Å². The molecule has 1 saturated heterocycles. The second kappa shape index (κ2) is 4.93. The maximum Gasteiger partial charge on any atom is 0.346 e. The fraction of sp³-hybridized carbons (Fsp3) is 0.727. The van der Waals surface area contributed by atoms with Crippen molar-refractivity contribution in [2.75, 3.05) is 24.6 Å². The minimum atomic E-state index is -0.431. The average Bonchev–Trinajstić information content (AvgIpc) is 2.40. The summed E-state index contributed by atoms with van der Waals surface area (Å²) >= 11 is 0. The van der Waals surface area contributed by atoms with Gasteiger partial charge in [0.2, 0.25) is 5.82 Å². The summed E-state index contributed by atoms with van der Waals surface area (Å²) in [5.41, 5.74) is -0.809. The van der Waals surface area contributed by atoms with E-state index in [0.717, 1.165) is 24.0 Å². The van der Waals surface area contributed by atoms with Gasteiger partial charge in [0.1, 0.15) is 0 Å². The SMILES string of the molecule is Cn1nc(N2CCCC(CO)C2)c(=O)n(C)c1=O. The van der Waals surface area contributed by atoms with E-state index in [0.29, 0.717) is 6.54 Å². The van der Waals surface area contributed by atoms with Crippen LogP contribution in [0.25, 0.3) is 0 Å². The lowest BCUT2D eigenvalue weighted by molar-refractivity contribution is 0.208. The maximum atomic E-state index is 12.0. The molecule has 0 saturated carbocycles. The average molecular weight is 254 g/mol. The first-order valence-corrected chi connectivity index (χ1v) is 6.04. The van der Waals surface area contributed by atoms with Gasteiger partial charge in [-0.1, -0.05) is 0 Å². The van der Waals surface area contributed by atoms with Gasteiger partial charge in [0.15, 0.2) is 0 Å². The van der Waals surface area contributed by atoms with Crippen molar-refractivity contribution < 1.29 is 5.11 Å². The van der Waals surface area contributed by atoms with E-state index in [1.807, 2.05) is 4.90 Å². The second-order valence-electron chi connectivity index (χ2n) is 4.73. The van der Waals surface area contributed by atoms with Crippen molar-refractivity contribution in [3.63, 3.8) is 0 Å². The molecule has 100 valence electrons. The molecule has 1 fully saturated rings. The number of nitrogens with zero attached hydrogens (tertiary/aromatic N) is 4. The minimum Gasteiger partial charge on any atom is -0.396 e. The van der Waals surface area contributed by atoms with Crippen LogP contribution in [-0.2, 0) is 14.1 Å². The van der Waals surface area contributed by atoms with Crippen LogP contribution in [0.5, 0.6) is 0 Å². The lowest BCUT2D eigenvalue weighted by atomic mass is 9.99. The third kappa shape index (κ3) is 2.17. The molecule has 1 aliphatic rings. The molecule has 1 aliphatic heterocycles. The summed E-state index contributed by atoms with van der Waals surface area (Å²) in [6.45, 7) is 1.45. The Labute approximate surface area is 104 Å². The van der Waals surface area contributed by atoms with E-state index >= 15 is 0 Å². The molecule has 2 heterocycles. The number of piperidine rings is 1. The molecule has 1 aromatic heterocycles. The molecule has 7 nitrogen and oxygen atoms in total. The number of rotatable bonds is 2. The van der Waals surface area contributed by atoms with Crippen LogP contribution in [-0.4, -0.2) is 39.2 Å². The van der Waals surface area contributed by atoms with Gasteiger partial charge in [-0.05, 0) is 18.8 Å². The maximum absolute atomic E-state index is 12.0. The molecule has 1 aromatic rings. The number of aliphatic hydroxyl groups excluding tert-OH is 1.